The van der Waals surface area contributed by atoms with Crippen molar-refractivity contribution in [3.8, 4) is 5.00 Å². The minimum atomic E-state index is 0.404. The lowest BCUT2D eigenvalue weighted by molar-refractivity contribution is 0.225. The van der Waals surface area contributed by atoms with Crippen molar-refractivity contribution in [1.29, 1.82) is 0 Å². The number of thiophene rings is 1. The molecule has 2 aliphatic carbocycles. The molecule has 0 aromatic carbocycles. The Bertz CT molecular complexity index is 662. The van der Waals surface area contributed by atoms with Crippen molar-refractivity contribution in [2.45, 2.75) is 83.2 Å². The van der Waals surface area contributed by atoms with Gasteiger partial charge >= 0.3 is 0 Å². The number of imidazole rings is 1. The zero-order valence-corrected chi connectivity index (χ0v) is 16.2. The van der Waals surface area contributed by atoms with Crippen LogP contribution in [-0.2, 0) is 0 Å². The second-order valence-electron chi connectivity index (χ2n) is 8.00. The van der Waals surface area contributed by atoms with Gasteiger partial charge < -0.3 is 5.32 Å². The van der Waals surface area contributed by atoms with Crippen LogP contribution in [0, 0.1) is 12.8 Å². The van der Waals surface area contributed by atoms with Gasteiger partial charge in [0.15, 0.2) is 0 Å². The van der Waals surface area contributed by atoms with Crippen LogP contribution in [0.2, 0.25) is 0 Å². The number of nitrogens with zero attached hydrogens (tertiary/aromatic N) is 2. The first-order valence-corrected chi connectivity index (χ1v) is 11.0. The third-order valence-electron chi connectivity index (χ3n) is 6.04. The summed E-state index contributed by atoms with van der Waals surface area (Å²) in [5.74, 6) is 1.97. The van der Waals surface area contributed by atoms with E-state index < -0.39 is 0 Å². The van der Waals surface area contributed by atoms with Crippen LogP contribution in [0.1, 0.15) is 81.6 Å². The van der Waals surface area contributed by atoms with Gasteiger partial charge in [0, 0.05) is 18.4 Å². The van der Waals surface area contributed by atoms with Crippen LogP contribution in [0.3, 0.4) is 0 Å². The molecular formula is C21H31N3S. The molecule has 0 unspecified atom stereocenters. The molecule has 2 fully saturated rings. The van der Waals surface area contributed by atoms with Gasteiger partial charge in [0.1, 0.15) is 10.8 Å². The average Bonchev–Trinajstić information content (AvgIpc) is 3.30. The highest BCUT2D eigenvalue weighted by Gasteiger charge is 2.31. The zero-order valence-electron chi connectivity index (χ0n) is 15.4. The predicted octanol–water partition coefficient (Wildman–Crippen LogP) is 5.79. The molecule has 2 aromatic heterocycles. The normalized spacial score (nSPS) is 21.5. The number of hydrogen-bond donors (Lipinski definition) is 1. The highest BCUT2D eigenvalue weighted by molar-refractivity contribution is 7.12. The van der Waals surface area contributed by atoms with Crippen LogP contribution >= 0.6 is 11.3 Å². The summed E-state index contributed by atoms with van der Waals surface area (Å²) in [6, 6.07) is 3.37. The van der Waals surface area contributed by atoms with Crippen LogP contribution in [0.15, 0.2) is 23.8 Å². The lowest BCUT2D eigenvalue weighted by Gasteiger charge is -2.35. The third-order valence-corrected chi connectivity index (χ3v) is 7.09. The van der Waals surface area contributed by atoms with Crippen LogP contribution < -0.4 is 5.32 Å². The standard InChI is InChI=1S/C21H31N3S/c1-16-14-19(25-15-16)24-13-12-22-21(24)20(17-8-4-2-5-9-17)23-18-10-6-3-7-11-18/h12-15,17-18,20,23H,2-11H2,1H3/t20-/m0/s1. The van der Waals surface area contributed by atoms with E-state index in [0.717, 1.165) is 5.92 Å². The molecule has 1 N–H and O–H groups in total. The van der Waals surface area contributed by atoms with Gasteiger partial charge in [-0.05, 0) is 55.5 Å². The summed E-state index contributed by atoms with van der Waals surface area (Å²) in [4.78, 5) is 4.85. The topological polar surface area (TPSA) is 29.9 Å². The van der Waals surface area contributed by atoms with E-state index in [1.54, 1.807) is 0 Å². The molecule has 2 heterocycles. The molecular weight excluding hydrogens is 326 g/mol. The monoisotopic (exact) mass is 357 g/mol. The number of aromatic nitrogens is 2. The van der Waals surface area contributed by atoms with Crippen molar-refractivity contribution < 1.29 is 0 Å². The first-order valence-electron chi connectivity index (χ1n) is 10.2. The van der Waals surface area contributed by atoms with Gasteiger partial charge in [0.05, 0.1) is 6.04 Å². The number of aryl methyl sites for hydroxylation is 1. The molecule has 0 saturated heterocycles. The summed E-state index contributed by atoms with van der Waals surface area (Å²) in [6.45, 7) is 2.18. The van der Waals surface area contributed by atoms with E-state index in [2.05, 4.69) is 34.5 Å². The fraction of sp³-hybridized carbons (Fsp3) is 0.667. The summed E-state index contributed by atoms with van der Waals surface area (Å²) in [7, 11) is 0. The Kier molecular flexibility index (Phi) is 5.57. The Balaban J connectivity index is 1.62. The van der Waals surface area contributed by atoms with Gasteiger partial charge in [-0.3, -0.25) is 4.57 Å². The van der Waals surface area contributed by atoms with Gasteiger partial charge in [-0.15, -0.1) is 11.3 Å². The van der Waals surface area contributed by atoms with E-state index in [4.69, 9.17) is 4.98 Å². The molecule has 136 valence electrons. The van der Waals surface area contributed by atoms with Gasteiger partial charge in [-0.2, -0.15) is 0 Å². The lowest BCUT2D eigenvalue weighted by atomic mass is 9.82. The second-order valence-corrected chi connectivity index (χ2v) is 8.88. The predicted molar refractivity (Wildman–Crippen MR) is 106 cm³/mol. The van der Waals surface area contributed by atoms with Crippen molar-refractivity contribution >= 4 is 11.3 Å². The molecule has 0 amide bonds. The molecule has 2 aromatic rings. The second kappa shape index (κ2) is 8.05. The van der Waals surface area contributed by atoms with Crippen LogP contribution in [-0.4, -0.2) is 15.6 Å². The molecule has 3 nitrogen and oxygen atoms in total. The molecule has 0 radical (unpaired) electrons. The van der Waals surface area contributed by atoms with E-state index in [9.17, 15) is 0 Å². The molecule has 25 heavy (non-hydrogen) atoms. The molecule has 4 heteroatoms. The number of hydrogen-bond acceptors (Lipinski definition) is 3. The molecule has 2 aliphatic rings. The largest absolute Gasteiger partial charge is 0.304 e. The minimum absolute atomic E-state index is 0.404. The van der Waals surface area contributed by atoms with Crippen molar-refractivity contribution in [1.82, 2.24) is 14.9 Å². The van der Waals surface area contributed by atoms with Crippen molar-refractivity contribution in [2.24, 2.45) is 5.92 Å². The van der Waals surface area contributed by atoms with Crippen LogP contribution in [0.25, 0.3) is 5.00 Å². The SMILES string of the molecule is Cc1csc(-n2ccnc2[C@@H](NC2CCCCC2)C2CCCCC2)c1. The average molecular weight is 358 g/mol. The minimum Gasteiger partial charge on any atom is -0.304 e. The molecule has 0 aliphatic heterocycles. The highest BCUT2D eigenvalue weighted by Crippen LogP contribution is 2.36. The smallest absolute Gasteiger partial charge is 0.131 e. The Morgan fingerprint density at radius 2 is 1.80 bits per heavy atom. The summed E-state index contributed by atoms with van der Waals surface area (Å²) in [5, 5.41) is 7.61. The quantitative estimate of drug-likeness (QED) is 0.734. The van der Waals surface area contributed by atoms with Gasteiger partial charge in [-0.25, -0.2) is 4.98 Å². The maximum Gasteiger partial charge on any atom is 0.131 e. The first kappa shape index (κ1) is 17.3. The lowest BCUT2D eigenvalue weighted by Crippen LogP contribution is -2.39. The number of nitrogens with one attached hydrogen (secondary N) is 1. The van der Waals surface area contributed by atoms with Gasteiger partial charge in [0.2, 0.25) is 0 Å². The van der Waals surface area contributed by atoms with Crippen molar-refractivity contribution in [3.63, 3.8) is 0 Å². The summed E-state index contributed by atoms with van der Waals surface area (Å²) < 4.78 is 2.34. The number of rotatable bonds is 5. The maximum absolute atomic E-state index is 4.85. The van der Waals surface area contributed by atoms with E-state index in [1.165, 1.54) is 80.6 Å². The summed E-state index contributed by atoms with van der Waals surface area (Å²) in [5.41, 5.74) is 1.34. The summed E-state index contributed by atoms with van der Waals surface area (Å²) in [6.07, 6.45) is 17.9. The van der Waals surface area contributed by atoms with Crippen molar-refractivity contribution in [3.05, 3.63) is 35.2 Å². The van der Waals surface area contributed by atoms with Crippen LogP contribution in [0.4, 0.5) is 0 Å². The molecule has 2 saturated carbocycles. The Hall–Kier alpha value is -1.13. The molecule has 1 atom stereocenters. The summed E-state index contributed by atoms with van der Waals surface area (Å²) >= 11 is 1.83. The zero-order chi connectivity index (χ0) is 17.1. The Labute approximate surface area is 155 Å². The van der Waals surface area contributed by atoms with E-state index >= 15 is 0 Å². The molecule has 4 rings (SSSR count). The van der Waals surface area contributed by atoms with E-state index in [-0.39, 0.29) is 0 Å². The Morgan fingerprint density at radius 3 is 2.48 bits per heavy atom. The van der Waals surface area contributed by atoms with Gasteiger partial charge in [0.25, 0.3) is 0 Å². The van der Waals surface area contributed by atoms with E-state index in [0.29, 0.717) is 12.1 Å². The van der Waals surface area contributed by atoms with Crippen molar-refractivity contribution in [2.75, 3.05) is 0 Å². The maximum atomic E-state index is 4.85. The molecule has 0 spiro atoms. The molecule has 0 bridgehead atoms. The fourth-order valence-corrected chi connectivity index (χ4v) is 5.58. The fourth-order valence-electron chi connectivity index (χ4n) is 4.69. The van der Waals surface area contributed by atoms with E-state index in [1.807, 2.05) is 17.5 Å². The Morgan fingerprint density at radius 1 is 1.08 bits per heavy atom. The third kappa shape index (κ3) is 4.01. The highest BCUT2D eigenvalue weighted by atomic mass is 32.1. The van der Waals surface area contributed by atoms with Crippen LogP contribution in [0.5, 0.6) is 0 Å². The first-order chi connectivity index (χ1) is 12.3. The van der Waals surface area contributed by atoms with Gasteiger partial charge in [-0.1, -0.05) is 38.5 Å².